The van der Waals surface area contributed by atoms with Crippen molar-refractivity contribution in [3.63, 3.8) is 0 Å². The Labute approximate surface area is 182 Å². The van der Waals surface area contributed by atoms with Crippen LogP contribution in [0.25, 0.3) is 11.3 Å². The van der Waals surface area contributed by atoms with Crippen molar-refractivity contribution in [2.45, 2.75) is 12.0 Å². The van der Waals surface area contributed by atoms with Crippen molar-refractivity contribution in [1.29, 1.82) is 0 Å². The van der Waals surface area contributed by atoms with E-state index < -0.39 is 0 Å². The molecule has 1 aliphatic heterocycles. The van der Waals surface area contributed by atoms with Gasteiger partial charge < -0.3 is 10.1 Å². The van der Waals surface area contributed by atoms with E-state index in [4.69, 9.17) is 4.74 Å². The van der Waals surface area contributed by atoms with Gasteiger partial charge in [-0.05, 0) is 17.7 Å². The number of aromatic nitrogens is 3. The molecule has 31 heavy (non-hydrogen) atoms. The predicted octanol–water partition coefficient (Wildman–Crippen LogP) is 2.72. The molecular weight excluding hydrogens is 392 g/mol. The molecule has 2 atom stereocenters. The lowest BCUT2D eigenvalue weighted by Gasteiger charge is -2.20. The molecule has 162 valence electrons. The Morgan fingerprint density at radius 3 is 2.68 bits per heavy atom. The van der Waals surface area contributed by atoms with Crippen LogP contribution in [0.3, 0.4) is 0 Å². The van der Waals surface area contributed by atoms with E-state index in [1.807, 2.05) is 43.4 Å². The van der Waals surface area contributed by atoms with Gasteiger partial charge >= 0.3 is 6.03 Å². The maximum absolute atomic E-state index is 12.8. The number of hydrogen-bond donors (Lipinski definition) is 2. The number of aryl methyl sites for hydroxylation is 1. The molecule has 0 radical (unpaired) electrons. The van der Waals surface area contributed by atoms with E-state index in [9.17, 15) is 4.79 Å². The van der Waals surface area contributed by atoms with Crippen molar-refractivity contribution >= 4 is 11.8 Å². The Kier molecular flexibility index (Phi) is 6.59. The number of ether oxygens (including phenoxy) is 1. The quantitative estimate of drug-likeness (QED) is 0.614. The van der Waals surface area contributed by atoms with Gasteiger partial charge in [-0.15, -0.1) is 0 Å². The Morgan fingerprint density at radius 1 is 1.16 bits per heavy atom. The number of pyridine rings is 1. The van der Waals surface area contributed by atoms with E-state index in [-0.39, 0.29) is 18.0 Å². The van der Waals surface area contributed by atoms with Crippen LogP contribution in [0.2, 0.25) is 0 Å². The number of rotatable bonds is 7. The number of benzene rings is 1. The van der Waals surface area contributed by atoms with Crippen molar-refractivity contribution in [2.24, 2.45) is 7.05 Å². The maximum Gasteiger partial charge on any atom is 0.320 e. The topological polar surface area (TPSA) is 84.3 Å². The zero-order valence-corrected chi connectivity index (χ0v) is 17.9. The largest absolute Gasteiger partial charge is 0.383 e. The van der Waals surface area contributed by atoms with Gasteiger partial charge in [0.05, 0.1) is 18.3 Å². The highest BCUT2D eigenvalue weighted by Crippen LogP contribution is 2.28. The highest BCUT2D eigenvalue weighted by molar-refractivity contribution is 5.89. The average molecular weight is 421 g/mol. The molecule has 1 fully saturated rings. The molecule has 1 saturated heterocycles. The normalized spacial score (nSPS) is 18.8. The molecule has 1 aliphatic rings. The maximum atomic E-state index is 12.8. The first-order chi connectivity index (χ1) is 15.1. The van der Waals surface area contributed by atoms with Crippen LogP contribution < -0.4 is 10.6 Å². The van der Waals surface area contributed by atoms with Gasteiger partial charge in [0.25, 0.3) is 0 Å². The summed E-state index contributed by atoms with van der Waals surface area (Å²) in [4.78, 5) is 19.2. The van der Waals surface area contributed by atoms with Crippen LogP contribution in [-0.4, -0.2) is 65.1 Å². The van der Waals surface area contributed by atoms with E-state index in [0.29, 0.717) is 12.4 Å². The first-order valence-corrected chi connectivity index (χ1v) is 10.4. The summed E-state index contributed by atoms with van der Waals surface area (Å²) in [6.45, 7) is 3.18. The van der Waals surface area contributed by atoms with Gasteiger partial charge in [0, 0.05) is 63.7 Å². The molecule has 4 rings (SSSR count). The lowest BCUT2D eigenvalue weighted by atomic mass is 9.94. The summed E-state index contributed by atoms with van der Waals surface area (Å²) in [6, 6.07) is 15.8. The number of carbonyl (C=O) groups is 1. The molecule has 2 N–H and O–H groups in total. The van der Waals surface area contributed by atoms with E-state index in [0.717, 1.165) is 30.9 Å². The number of likely N-dealkylation sites (tertiary alicyclic amines) is 1. The van der Waals surface area contributed by atoms with Gasteiger partial charge in [0.15, 0.2) is 0 Å². The van der Waals surface area contributed by atoms with Crippen LogP contribution in [0, 0.1) is 0 Å². The fourth-order valence-corrected chi connectivity index (χ4v) is 4.04. The average Bonchev–Trinajstić information content (AvgIpc) is 3.36. The van der Waals surface area contributed by atoms with E-state index >= 15 is 0 Å². The zero-order chi connectivity index (χ0) is 21.6. The molecule has 8 nitrogen and oxygen atoms in total. The molecule has 0 bridgehead atoms. The highest BCUT2D eigenvalue weighted by Gasteiger charge is 2.34. The van der Waals surface area contributed by atoms with E-state index in [2.05, 4.69) is 37.7 Å². The number of anilines is 1. The monoisotopic (exact) mass is 420 g/mol. The van der Waals surface area contributed by atoms with Crippen molar-refractivity contribution in [2.75, 3.05) is 38.7 Å². The van der Waals surface area contributed by atoms with Gasteiger partial charge in [-0.1, -0.05) is 30.3 Å². The Morgan fingerprint density at radius 2 is 1.94 bits per heavy atom. The molecule has 2 unspecified atom stereocenters. The second-order valence-electron chi connectivity index (χ2n) is 7.75. The molecule has 1 aromatic carbocycles. The summed E-state index contributed by atoms with van der Waals surface area (Å²) >= 11 is 0. The van der Waals surface area contributed by atoms with Crippen molar-refractivity contribution in [3.05, 3.63) is 66.5 Å². The summed E-state index contributed by atoms with van der Waals surface area (Å²) in [5, 5.41) is 10.6. The number of amides is 2. The van der Waals surface area contributed by atoms with Gasteiger partial charge in [0.1, 0.15) is 5.82 Å². The predicted molar refractivity (Wildman–Crippen MR) is 120 cm³/mol. The molecule has 0 spiro atoms. The third kappa shape index (κ3) is 5.10. The summed E-state index contributed by atoms with van der Waals surface area (Å²) in [6.07, 6.45) is 3.45. The third-order valence-electron chi connectivity index (χ3n) is 5.65. The number of carbonyl (C=O) groups excluding carboxylic acids is 1. The van der Waals surface area contributed by atoms with Crippen LogP contribution >= 0.6 is 0 Å². The lowest BCUT2D eigenvalue weighted by molar-refractivity contribution is 0.159. The molecule has 8 heteroatoms. The van der Waals surface area contributed by atoms with E-state index in [1.54, 1.807) is 24.2 Å². The summed E-state index contributed by atoms with van der Waals surface area (Å²) < 4.78 is 6.91. The van der Waals surface area contributed by atoms with Gasteiger partial charge in [0.2, 0.25) is 0 Å². The summed E-state index contributed by atoms with van der Waals surface area (Å²) in [5.74, 6) is 0.859. The second-order valence-corrected chi connectivity index (χ2v) is 7.75. The SMILES string of the molecule is COCCN1CC(NC(=O)Nc2cc(-c3ccncc3)nn2C)C(c2ccccc2)C1. The Balaban J connectivity index is 1.44. The van der Waals surface area contributed by atoms with Gasteiger partial charge in [-0.2, -0.15) is 5.10 Å². The molecular formula is C23H28N6O2. The van der Waals surface area contributed by atoms with E-state index in [1.165, 1.54) is 5.56 Å². The summed E-state index contributed by atoms with van der Waals surface area (Å²) in [5.41, 5.74) is 2.97. The molecule has 0 saturated carbocycles. The Hall–Kier alpha value is -3.23. The van der Waals surface area contributed by atoms with Crippen LogP contribution in [-0.2, 0) is 11.8 Å². The van der Waals surface area contributed by atoms with Crippen molar-refractivity contribution in [1.82, 2.24) is 25.0 Å². The van der Waals surface area contributed by atoms with Gasteiger partial charge in [-0.3, -0.25) is 19.9 Å². The van der Waals surface area contributed by atoms with Crippen LogP contribution in [0.15, 0.2) is 60.9 Å². The third-order valence-corrected chi connectivity index (χ3v) is 5.65. The second kappa shape index (κ2) is 9.72. The number of hydrogen-bond acceptors (Lipinski definition) is 5. The smallest absolute Gasteiger partial charge is 0.320 e. The summed E-state index contributed by atoms with van der Waals surface area (Å²) in [7, 11) is 3.52. The number of methoxy groups -OCH3 is 1. The molecule has 0 aliphatic carbocycles. The first-order valence-electron chi connectivity index (χ1n) is 10.4. The minimum atomic E-state index is -0.233. The fourth-order valence-electron chi connectivity index (χ4n) is 4.04. The molecule has 2 amide bonds. The highest BCUT2D eigenvalue weighted by atomic mass is 16.5. The zero-order valence-electron chi connectivity index (χ0n) is 17.9. The lowest BCUT2D eigenvalue weighted by Crippen LogP contribution is -2.42. The molecule has 3 aromatic rings. The van der Waals surface area contributed by atoms with Gasteiger partial charge in [-0.25, -0.2) is 4.79 Å². The standard InChI is InChI=1S/C23H28N6O2/c1-28-22(14-20(27-28)18-8-10-24-11-9-18)26-23(30)25-21-16-29(12-13-31-2)15-19(21)17-6-4-3-5-7-17/h3-11,14,19,21H,12-13,15-16H2,1-2H3,(H2,25,26,30). The number of nitrogens with zero attached hydrogens (tertiary/aromatic N) is 4. The number of urea groups is 1. The van der Waals surface area contributed by atoms with Crippen LogP contribution in [0.1, 0.15) is 11.5 Å². The number of nitrogens with one attached hydrogen (secondary N) is 2. The molecule has 3 heterocycles. The van der Waals surface area contributed by atoms with Crippen molar-refractivity contribution < 1.29 is 9.53 Å². The minimum Gasteiger partial charge on any atom is -0.383 e. The minimum absolute atomic E-state index is 0.00662. The fraction of sp³-hybridized carbons (Fsp3) is 0.348. The van der Waals surface area contributed by atoms with Crippen LogP contribution in [0.4, 0.5) is 10.6 Å². The Bertz CT molecular complexity index is 992. The van der Waals surface area contributed by atoms with Crippen LogP contribution in [0.5, 0.6) is 0 Å². The first kappa shape index (κ1) is 21.0. The van der Waals surface area contributed by atoms with Crippen molar-refractivity contribution in [3.8, 4) is 11.3 Å². The molecule has 2 aromatic heterocycles.